The number of furan rings is 1. The zero-order valence-corrected chi connectivity index (χ0v) is 11.8. The molecule has 2 atom stereocenters. The molecule has 2 unspecified atom stereocenters. The third-order valence-corrected chi connectivity index (χ3v) is 4.48. The molecule has 0 fully saturated rings. The van der Waals surface area contributed by atoms with E-state index in [1.807, 2.05) is 19.1 Å². The second-order valence-electron chi connectivity index (χ2n) is 4.66. The van der Waals surface area contributed by atoms with Crippen LogP contribution in [0.3, 0.4) is 0 Å². The number of aryl methyl sites for hydroxylation is 2. The minimum atomic E-state index is 0.0442. The van der Waals surface area contributed by atoms with Crippen LogP contribution in [0.4, 0.5) is 0 Å². The molecule has 3 heteroatoms. The Morgan fingerprint density at radius 1 is 1.17 bits per heavy atom. The topological polar surface area (TPSA) is 39.2 Å². The first-order valence-corrected chi connectivity index (χ1v) is 6.99. The van der Waals surface area contributed by atoms with E-state index in [1.54, 1.807) is 18.0 Å². The lowest BCUT2D eigenvalue weighted by Gasteiger charge is -2.18. The number of nitrogens with two attached hydrogens (primary N) is 1. The molecule has 0 radical (unpaired) electrons. The summed E-state index contributed by atoms with van der Waals surface area (Å²) in [6.07, 6.45) is 1.70. The van der Waals surface area contributed by atoms with Crippen molar-refractivity contribution in [3.05, 3.63) is 53.5 Å². The van der Waals surface area contributed by atoms with Crippen molar-refractivity contribution in [3.63, 3.8) is 0 Å². The quantitative estimate of drug-likeness (QED) is 0.843. The van der Waals surface area contributed by atoms with Gasteiger partial charge in [0.25, 0.3) is 0 Å². The van der Waals surface area contributed by atoms with Crippen LogP contribution in [-0.4, -0.2) is 6.04 Å². The fraction of sp³-hybridized carbons (Fsp3) is 0.333. The van der Waals surface area contributed by atoms with Crippen LogP contribution in [0.25, 0.3) is 0 Å². The van der Waals surface area contributed by atoms with E-state index in [1.165, 1.54) is 16.0 Å². The van der Waals surface area contributed by atoms with Crippen molar-refractivity contribution in [2.75, 3.05) is 0 Å². The Morgan fingerprint density at radius 2 is 1.94 bits per heavy atom. The first-order chi connectivity index (χ1) is 8.58. The molecule has 2 rings (SSSR count). The lowest BCUT2D eigenvalue weighted by Crippen LogP contribution is -2.22. The maximum Gasteiger partial charge on any atom is 0.118 e. The molecule has 0 amide bonds. The summed E-state index contributed by atoms with van der Waals surface area (Å²) in [4.78, 5) is 1.23. The predicted octanol–water partition coefficient (Wildman–Crippen LogP) is 4.08. The molecule has 96 valence electrons. The summed E-state index contributed by atoms with van der Waals surface area (Å²) < 4.78 is 5.48. The van der Waals surface area contributed by atoms with Gasteiger partial charge in [-0.2, -0.15) is 0 Å². The van der Waals surface area contributed by atoms with Gasteiger partial charge in [0.05, 0.1) is 11.5 Å². The van der Waals surface area contributed by atoms with Gasteiger partial charge in [0.15, 0.2) is 0 Å². The monoisotopic (exact) mass is 261 g/mol. The Bertz CT molecular complexity index is 505. The van der Waals surface area contributed by atoms with E-state index in [0.29, 0.717) is 0 Å². The minimum absolute atomic E-state index is 0.0442. The normalized spacial score (nSPS) is 14.4. The van der Waals surface area contributed by atoms with Crippen LogP contribution in [0.2, 0.25) is 0 Å². The highest BCUT2D eigenvalue weighted by molar-refractivity contribution is 7.99. The fourth-order valence-electron chi connectivity index (χ4n) is 1.81. The predicted molar refractivity (Wildman–Crippen MR) is 76.9 cm³/mol. The second kappa shape index (κ2) is 5.63. The zero-order chi connectivity index (χ0) is 13.1. The molecule has 0 bridgehead atoms. The van der Waals surface area contributed by atoms with Crippen LogP contribution in [0.15, 0.2) is 45.9 Å². The Balaban J connectivity index is 2.21. The number of rotatable bonds is 4. The van der Waals surface area contributed by atoms with E-state index < -0.39 is 0 Å². The highest BCUT2D eigenvalue weighted by Gasteiger charge is 2.20. The van der Waals surface area contributed by atoms with Gasteiger partial charge >= 0.3 is 0 Å². The van der Waals surface area contributed by atoms with E-state index in [2.05, 4.69) is 32.0 Å². The zero-order valence-electron chi connectivity index (χ0n) is 11.0. The van der Waals surface area contributed by atoms with E-state index >= 15 is 0 Å². The molecule has 1 heterocycles. The Hall–Kier alpha value is -1.19. The molecular formula is C15H19NOS. The van der Waals surface area contributed by atoms with Crippen LogP contribution in [-0.2, 0) is 0 Å². The van der Waals surface area contributed by atoms with Crippen molar-refractivity contribution >= 4 is 11.8 Å². The summed E-state index contributed by atoms with van der Waals surface area (Å²) in [6, 6.07) is 10.4. The lowest BCUT2D eigenvalue weighted by atomic mass is 10.1. The fourth-order valence-corrected chi connectivity index (χ4v) is 2.96. The van der Waals surface area contributed by atoms with Crippen molar-refractivity contribution in [1.82, 2.24) is 0 Å². The molecule has 1 aromatic heterocycles. The largest absolute Gasteiger partial charge is 0.468 e. The molecular weight excluding hydrogens is 242 g/mol. The second-order valence-corrected chi connectivity index (χ2v) is 5.87. The average molecular weight is 261 g/mol. The van der Waals surface area contributed by atoms with Gasteiger partial charge in [-0.15, -0.1) is 11.8 Å². The van der Waals surface area contributed by atoms with Crippen LogP contribution in [0.5, 0.6) is 0 Å². The molecule has 2 nitrogen and oxygen atoms in total. The summed E-state index contributed by atoms with van der Waals surface area (Å²) >= 11 is 1.76. The summed E-state index contributed by atoms with van der Waals surface area (Å²) in [7, 11) is 0. The van der Waals surface area contributed by atoms with Crippen LogP contribution in [0, 0.1) is 13.8 Å². The van der Waals surface area contributed by atoms with E-state index in [9.17, 15) is 0 Å². The maximum atomic E-state index is 6.06. The van der Waals surface area contributed by atoms with Gasteiger partial charge in [-0.3, -0.25) is 0 Å². The molecule has 0 aliphatic carbocycles. The molecule has 18 heavy (non-hydrogen) atoms. The Kier molecular flexibility index (Phi) is 4.15. The Morgan fingerprint density at radius 3 is 2.50 bits per heavy atom. The number of hydrogen-bond acceptors (Lipinski definition) is 3. The number of benzene rings is 1. The van der Waals surface area contributed by atoms with Crippen molar-refractivity contribution in [1.29, 1.82) is 0 Å². The van der Waals surface area contributed by atoms with Crippen LogP contribution < -0.4 is 5.73 Å². The van der Waals surface area contributed by atoms with Gasteiger partial charge in [0.2, 0.25) is 0 Å². The molecule has 0 aliphatic heterocycles. The first kappa shape index (κ1) is 13.2. The van der Waals surface area contributed by atoms with Crippen molar-refractivity contribution in [2.45, 2.75) is 37.0 Å². The maximum absolute atomic E-state index is 6.06. The SMILES string of the molecule is Cc1ccc(SC(c2ccco2)C(C)N)cc1C. The van der Waals surface area contributed by atoms with Gasteiger partial charge in [-0.1, -0.05) is 6.07 Å². The highest BCUT2D eigenvalue weighted by Crippen LogP contribution is 2.37. The summed E-state index contributed by atoms with van der Waals surface area (Å²) in [5.74, 6) is 0.938. The lowest BCUT2D eigenvalue weighted by molar-refractivity contribution is 0.487. The Labute approximate surface area is 113 Å². The van der Waals surface area contributed by atoms with E-state index in [0.717, 1.165) is 5.76 Å². The number of hydrogen-bond donors (Lipinski definition) is 1. The van der Waals surface area contributed by atoms with E-state index in [-0.39, 0.29) is 11.3 Å². The minimum Gasteiger partial charge on any atom is -0.468 e. The standard InChI is InChI=1S/C15H19NOS/c1-10-6-7-13(9-11(10)2)18-15(12(3)16)14-5-4-8-17-14/h4-9,12,15H,16H2,1-3H3. The van der Waals surface area contributed by atoms with Crippen LogP contribution >= 0.6 is 11.8 Å². The van der Waals surface area contributed by atoms with E-state index in [4.69, 9.17) is 10.2 Å². The first-order valence-electron chi connectivity index (χ1n) is 6.11. The summed E-state index contributed by atoms with van der Waals surface area (Å²) in [5, 5.41) is 0.155. The van der Waals surface area contributed by atoms with Gasteiger partial charge in [0.1, 0.15) is 5.76 Å². The van der Waals surface area contributed by atoms with Gasteiger partial charge < -0.3 is 10.2 Å². The molecule has 2 N–H and O–H groups in total. The third-order valence-electron chi connectivity index (χ3n) is 3.04. The van der Waals surface area contributed by atoms with Crippen molar-refractivity contribution in [2.24, 2.45) is 5.73 Å². The smallest absolute Gasteiger partial charge is 0.118 e. The molecule has 0 saturated heterocycles. The molecule has 2 aromatic rings. The van der Waals surface area contributed by atoms with Gasteiger partial charge in [-0.05, 0) is 56.2 Å². The molecule has 0 saturated carbocycles. The molecule has 0 aliphatic rings. The van der Waals surface area contributed by atoms with Gasteiger partial charge in [-0.25, -0.2) is 0 Å². The van der Waals surface area contributed by atoms with Crippen LogP contribution in [0.1, 0.15) is 29.1 Å². The van der Waals surface area contributed by atoms with Crippen molar-refractivity contribution in [3.8, 4) is 0 Å². The van der Waals surface area contributed by atoms with Gasteiger partial charge in [0, 0.05) is 10.9 Å². The number of thioether (sulfide) groups is 1. The molecule has 0 spiro atoms. The summed E-state index contributed by atoms with van der Waals surface area (Å²) in [6.45, 7) is 6.27. The summed E-state index contributed by atoms with van der Waals surface area (Å²) in [5.41, 5.74) is 8.69. The molecule has 1 aromatic carbocycles. The average Bonchev–Trinajstić information content (AvgIpc) is 2.83. The third kappa shape index (κ3) is 2.98. The highest BCUT2D eigenvalue weighted by atomic mass is 32.2. The van der Waals surface area contributed by atoms with Crippen molar-refractivity contribution < 1.29 is 4.42 Å².